The van der Waals surface area contributed by atoms with Crippen LogP contribution in [-0.4, -0.2) is 47.6 Å². The second kappa shape index (κ2) is 11.8. The fourth-order valence-corrected chi connectivity index (χ4v) is 2.87. The molecule has 0 saturated heterocycles. The molecule has 31 heavy (non-hydrogen) atoms. The highest BCUT2D eigenvalue weighted by molar-refractivity contribution is 5.75. The molecule has 0 spiro atoms. The van der Waals surface area contributed by atoms with Gasteiger partial charge in [-0.3, -0.25) is 4.79 Å². The molecule has 1 aromatic heterocycles. The molecule has 0 fully saturated rings. The lowest BCUT2D eigenvalue weighted by Gasteiger charge is -2.12. The van der Waals surface area contributed by atoms with E-state index in [-0.39, 0.29) is 19.1 Å². The van der Waals surface area contributed by atoms with Gasteiger partial charge in [0, 0.05) is 24.9 Å². The number of carbonyl (C=O) groups is 1. The number of hydrogen-bond donors (Lipinski definition) is 2. The zero-order chi connectivity index (χ0) is 21.9. The molecule has 0 unspecified atom stereocenters. The van der Waals surface area contributed by atoms with Crippen molar-refractivity contribution in [1.82, 2.24) is 15.5 Å². The fourth-order valence-electron chi connectivity index (χ4n) is 2.87. The summed E-state index contributed by atoms with van der Waals surface area (Å²) in [5.74, 6) is 1.61. The molecule has 2 N–H and O–H groups in total. The van der Waals surface area contributed by atoms with E-state index in [0.717, 1.165) is 16.9 Å². The summed E-state index contributed by atoms with van der Waals surface area (Å²) in [4.78, 5) is 12.0. The number of amides is 1. The zero-order valence-corrected chi connectivity index (χ0v) is 17.5. The SMILES string of the molecule is COc1ccc(COC[C@@H](O)CNC(=O)CCCc2nnc(-c3ccccc3)o2)cc1. The third-order valence-electron chi connectivity index (χ3n) is 4.55. The Hall–Kier alpha value is -3.23. The first-order chi connectivity index (χ1) is 15.1. The lowest BCUT2D eigenvalue weighted by molar-refractivity contribution is -0.121. The average Bonchev–Trinajstić information content (AvgIpc) is 3.28. The fraction of sp³-hybridized carbons (Fsp3) is 0.348. The minimum Gasteiger partial charge on any atom is -0.497 e. The van der Waals surface area contributed by atoms with E-state index in [1.54, 1.807) is 7.11 Å². The molecule has 0 saturated carbocycles. The summed E-state index contributed by atoms with van der Waals surface area (Å²) < 4.78 is 16.2. The van der Waals surface area contributed by atoms with Crippen LogP contribution in [0.2, 0.25) is 0 Å². The van der Waals surface area contributed by atoms with Gasteiger partial charge in [-0.1, -0.05) is 30.3 Å². The van der Waals surface area contributed by atoms with E-state index in [1.807, 2.05) is 54.6 Å². The highest BCUT2D eigenvalue weighted by atomic mass is 16.5. The lowest BCUT2D eigenvalue weighted by Crippen LogP contribution is -2.34. The number of aliphatic hydroxyl groups is 1. The van der Waals surface area contributed by atoms with Crippen LogP contribution in [0.1, 0.15) is 24.3 Å². The molecule has 8 nitrogen and oxygen atoms in total. The average molecular weight is 425 g/mol. The maximum atomic E-state index is 12.0. The summed E-state index contributed by atoms with van der Waals surface area (Å²) in [5, 5.41) is 20.7. The topological polar surface area (TPSA) is 107 Å². The van der Waals surface area contributed by atoms with E-state index in [2.05, 4.69) is 15.5 Å². The first kappa shape index (κ1) is 22.5. The Morgan fingerprint density at radius 1 is 1.13 bits per heavy atom. The number of methoxy groups -OCH3 is 1. The molecular formula is C23H27N3O5. The Bertz CT molecular complexity index is 928. The normalized spacial score (nSPS) is 11.8. The van der Waals surface area contributed by atoms with E-state index < -0.39 is 6.10 Å². The molecule has 0 bridgehead atoms. The van der Waals surface area contributed by atoms with E-state index in [0.29, 0.717) is 37.7 Å². The summed E-state index contributed by atoms with van der Waals surface area (Å²) in [5.41, 5.74) is 1.84. The second-order valence-electron chi connectivity index (χ2n) is 7.04. The molecule has 0 radical (unpaired) electrons. The van der Waals surface area contributed by atoms with Crippen LogP contribution >= 0.6 is 0 Å². The first-order valence-corrected chi connectivity index (χ1v) is 10.2. The van der Waals surface area contributed by atoms with Crippen LogP contribution < -0.4 is 10.1 Å². The van der Waals surface area contributed by atoms with Crippen LogP contribution in [0.3, 0.4) is 0 Å². The Morgan fingerprint density at radius 3 is 2.65 bits per heavy atom. The van der Waals surface area contributed by atoms with E-state index in [4.69, 9.17) is 13.9 Å². The number of benzene rings is 2. The monoisotopic (exact) mass is 425 g/mol. The van der Waals surface area contributed by atoms with Gasteiger partial charge in [-0.2, -0.15) is 0 Å². The van der Waals surface area contributed by atoms with Crippen LogP contribution in [0.25, 0.3) is 11.5 Å². The molecule has 1 atom stereocenters. The van der Waals surface area contributed by atoms with Gasteiger partial charge in [0.05, 0.1) is 26.4 Å². The number of aliphatic hydroxyl groups excluding tert-OH is 1. The Balaban J connectivity index is 1.28. The van der Waals surface area contributed by atoms with Crippen molar-refractivity contribution in [3.05, 3.63) is 66.1 Å². The predicted molar refractivity (Wildman–Crippen MR) is 114 cm³/mol. The van der Waals surface area contributed by atoms with Gasteiger partial charge in [-0.25, -0.2) is 0 Å². The van der Waals surface area contributed by atoms with Crippen molar-refractivity contribution in [3.8, 4) is 17.2 Å². The quantitative estimate of drug-likeness (QED) is 0.459. The second-order valence-corrected chi connectivity index (χ2v) is 7.04. The molecule has 0 aliphatic heterocycles. The largest absolute Gasteiger partial charge is 0.497 e. The standard InChI is InChI=1S/C23H27N3O5/c1-29-20-12-10-17(11-13-20)15-30-16-19(27)14-24-21(28)8-5-9-22-25-26-23(31-22)18-6-3-2-4-7-18/h2-4,6-7,10-13,19,27H,5,8-9,14-16H2,1H3,(H,24,28)/t19-/m0/s1. The maximum absolute atomic E-state index is 12.0. The number of aryl methyl sites for hydroxylation is 1. The van der Waals surface area contributed by atoms with Gasteiger partial charge in [0.25, 0.3) is 0 Å². The smallest absolute Gasteiger partial charge is 0.247 e. The van der Waals surface area contributed by atoms with Gasteiger partial charge in [0.15, 0.2) is 0 Å². The van der Waals surface area contributed by atoms with Crippen molar-refractivity contribution >= 4 is 5.91 Å². The number of nitrogens with zero attached hydrogens (tertiary/aromatic N) is 2. The third kappa shape index (κ3) is 7.51. The van der Waals surface area contributed by atoms with Gasteiger partial charge in [0.1, 0.15) is 5.75 Å². The molecule has 8 heteroatoms. The third-order valence-corrected chi connectivity index (χ3v) is 4.55. The number of hydrogen-bond acceptors (Lipinski definition) is 7. The van der Waals surface area contributed by atoms with Crippen molar-refractivity contribution in [3.63, 3.8) is 0 Å². The molecule has 3 aromatic rings. The minimum absolute atomic E-state index is 0.135. The Morgan fingerprint density at radius 2 is 1.90 bits per heavy atom. The highest BCUT2D eigenvalue weighted by Gasteiger charge is 2.11. The Labute approximate surface area is 181 Å². The number of ether oxygens (including phenoxy) is 2. The van der Waals surface area contributed by atoms with Crippen molar-refractivity contribution < 1.29 is 23.8 Å². The lowest BCUT2D eigenvalue weighted by atomic mass is 10.2. The van der Waals surface area contributed by atoms with Gasteiger partial charge in [-0.05, 0) is 36.2 Å². The van der Waals surface area contributed by atoms with E-state index in [1.165, 1.54) is 0 Å². The van der Waals surface area contributed by atoms with Crippen molar-refractivity contribution in [1.29, 1.82) is 0 Å². The number of aromatic nitrogens is 2. The summed E-state index contributed by atoms with van der Waals surface area (Å²) >= 11 is 0. The van der Waals surface area contributed by atoms with Crippen LogP contribution in [0, 0.1) is 0 Å². The van der Waals surface area contributed by atoms with Gasteiger partial charge >= 0.3 is 0 Å². The molecule has 0 aliphatic carbocycles. The zero-order valence-electron chi connectivity index (χ0n) is 17.5. The van der Waals surface area contributed by atoms with Crippen LogP contribution in [0.4, 0.5) is 0 Å². The maximum Gasteiger partial charge on any atom is 0.247 e. The van der Waals surface area contributed by atoms with E-state index >= 15 is 0 Å². The van der Waals surface area contributed by atoms with Gasteiger partial charge in [0.2, 0.25) is 17.7 Å². The molecule has 0 aliphatic rings. The van der Waals surface area contributed by atoms with Crippen LogP contribution in [-0.2, 0) is 22.6 Å². The molecular weight excluding hydrogens is 398 g/mol. The molecule has 1 amide bonds. The molecule has 2 aromatic carbocycles. The number of carbonyl (C=O) groups excluding carboxylic acids is 1. The van der Waals surface area contributed by atoms with Crippen LogP contribution in [0.15, 0.2) is 59.0 Å². The predicted octanol–water partition coefficient (Wildman–Crippen LogP) is 2.76. The Kier molecular flexibility index (Phi) is 8.57. The molecule has 164 valence electrons. The summed E-state index contributed by atoms with van der Waals surface area (Å²) in [6.45, 7) is 0.654. The van der Waals surface area contributed by atoms with Crippen molar-refractivity contribution in [2.45, 2.75) is 32.0 Å². The first-order valence-electron chi connectivity index (χ1n) is 10.2. The highest BCUT2D eigenvalue weighted by Crippen LogP contribution is 2.17. The minimum atomic E-state index is -0.772. The van der Waals surface area contributed by atoms with Crippen molar-refractivity contribution in [2.24, 2.45) is 0 Å². The molecule has 3 rings (SSSR count). The van der Waals surface area contributed by atoms with Gasteiger partial charge < -0.3 is 24.3 Å². The molecule has 1 heterocycles. The summed E-state index contributed by atoms with van der Waals surface area (Å²) in [7, 11) is 1.61. The number of nitrogens with one attached hydrogen (secondary N) is 1. The number of rotatable bonds is 12. The van der Waals surface area contributed by atoms with Crippen molar-refractivity contribution in [2.75, 3.05) is 20.3 Å². The van der Waals surface area contributed by atoms with E-state index in [9.17, 15) is 9.90 Å². The summed E-state index contributed by atoms with van der Waals surface area (Å²) in [6, 6.07) is 17.0. The van der Waals surface area contributed by atoms with Crippen LogP contribution in [0.5, 0.6) is 5.75 Å². The van der Waals surface area contributed by atoms with Gasteiger partial charge in [-0.15, -0.1) is 10.2 Å². The summed E-state index contributed by atoms with van der Waals surface area (Å²) in [6.07, 6.45) is 0.627.